The van der Waals surface area contributed by atoms with E-state index in [4.69, 9.17) is 9.47 Å². The third kappa shape index (κ3) is 4.32. The van der Waals surface area contributed by atoms with Gasteiger partial charge in [-0.3, -0.25) is 0 Å². The predicted octanol–water partition coefficient (Wildman–Crippen LogP) is 6.07. The molecule has 1 aliphatic heterocycles. The molecule has 0 aromatic heterocycles. The van der Waals surface area contributed by atoms with Gasteiger partial charge in [0.15, 0.2) is 0 Å². The van der Waals surface area contributed by atoms with Crippen LogP contribution in [0.5, 0.6) is 5.75 Å². The highest BCUT2D eigenvalue weighted by atomic mass is 32.2. The van der Waals surface area contributed by atoms with Crippen LogP contribution in [0.1, 0.15) is 44.9 Å². The molecule has 25 heavy (non-hydrogen) atoms. The van der Waals surface area contributed by atoms with E-state index in [-0.39, 0.29) is 0 Å². The summed E-state index contributed by atoms with van der Waals surface area (Å²) in [6.45, 7) is 2.67. The Morgan fingerprint density at radius 3 is 2.44 bits per heavy atom. The molecule has 0 spiro atoms. The molecule has 134 valence electrons. The van der Waals surface area contributed by atoms with Gasteiger partial charge in [-0.15, -0.1) is 11.8 Å². The molecule has 1 saturated heterocycles. The predicted molar refractivity (Wildman–Crippen MR) is 106 cm³/mol. The Bertz CT molecular complexity index is 687. The standard InChI is InChI=1S/C22H28O2S/c1-2-6-17(7-3-1)16-24-21-10-11-22(20-9-5-4-8-19(20)21)25-18-12-14-23-15-13-18/h4-5,8-11,17-18H,1-3,6-7,12-16H2. The van der Waals surface area contributed by atoms with Gasteiger partial charge in [-0.1, -0.05) is 43.5 Å². The zero-order valence-corrected chi connectivity index (χ0v) is 15.7. The summed E-state index contributed by atoms with van der Waals surface area (Å²) < 4.78 is 11.8. The minimum Gasteiger partial charge on any atom is -0.493 e. The summed E-state index contributed by atoms with van der Waals surface area (Å²) in [5.74, 6) is 1.79. The lowest BCUT2D eigenvalue weighted by molar-refractivity contribution is 0.100. The van der Waals surface area contributed by atoms with E-state index in [0.717, 1.165) is 44.3 Å². The summed E-state index contributed by atoms with van der Waals surface area (Å²) in [4.78, 5) is 1.38. The van der Waals surface area contributed by atoms with Crippen molar-refractivity contribution in [1.82, 2.24) is 0 Å². The second kappa shape index (κ2) is 8.46. The molecule has 0 bridgehead atoms. The Kier molecular flexibility index (Phi) is 5.83. The van der Waals surface area contributed by atoms with Gasteiger partial charge in [0.2, 0.25) is 0 Å². The molecule has 2 nitrogen and oxygen atoms in total. The highest BCUT2D eigenvalue weighted by Crippen LogP contribution is 2.38. The van der Waals surface area contributed by atoms with Crippen LogP contribution in [0.25, 0.3) is 10.8 Å². The van der Waals surface area contributed by atoms with Crippen molar-refractivity contribution >= 4 is 22.5 Å². The van der Waals surface area contributed by atoms with E-state index in [1.54, 1.807) is 0 Å². The summed E-state index contributed by atoms with van der Waals surface area (Å²) in [6, 6.07) is 13.2. The van der Waals surface area contributed by atoms with Gasteiger partial charge in [0.1, 0.15) is 5.75 Å². The summed E-state index contributed by atoms with van der Waals surface area (Å²) in [5.41, 5.74) is 0. The van der Waals surface area contributed by atoms with Crippen molar-refractivity contribution in [1.29, 1.82) is 0 Å². The Balaban J connectivity index is 1.51. The normalized spacial score (nSPS) is 20.0. The van der Waals surface area contributed by atoms with Gasteiger partial charge in [-0.05, 0) is 49.1 Å². The number of thioether (sulfide) groups is 1. The minimum atomic E-state index is 0.672. The first-order valence-corrected chi connectivity index (χ1v) is 10.7. The maximum Gasteiger partial charge on any atom is 0.127 e. The van der Waals surface area contributed by atoms with Crippen molar-refractivity contribution in [2.75, 3.05) is 19.8 Å². The maximum atomic E-state index is 6.27. The molecular formula is C22H28O2S. The van der Waals surface area contributed by atoms with Crippen molar-refractivity contribution in [2.45, 2.75) is 55.1 Å². The van der Waals surface area contributed by atoms with E-state index in [1.165, 1.54) is 47.8 Å². The molecule has 0 N–H and O–H groups in total. The lowest BCUT2D eigenvalue weighted by Crippen LogP contribution is -2.17. The van der Waals surface area contributed by atoms with Crippen molar-refractivity contribution in [2.24, 2.45) is 5.92 Å². The fraction of sp³-hybridized carbons (Fsp3) is 0.545. The fourth-order valence-corrected chi connectivity index (χ4v) is 5.25. The number of hydrogen-bond acceptors (Lipinski definition) is 3. The van der Waals surface area contributed by atoms with Gasteiger partial charge in [0.25, 0.3) is 0 Å². The molecule has 2 fully saturated rings. The van der Waals surface area contributed by atoms with Gasteiger partial charge in [0, 0.05) is 28.7 Å². The smallest absolute Gasteiger partial charge is 0.127 e. The van der Waals surface area contributed by atoms with Crippen LogP contribution in [0.2, 0.25) is 0 Å². The van der Waals surface area contributed by atoms with Crippen molar-refractivity contribution in [3.8, 4) is 5.75 Å². The molecular weight excluding hydrogens is 328 g/mol. The van der Waals surface area contributed by atoms with Crippen LogP contribution in [0, 0.1) is 5.92 Å². The van der Waals surface area contributed by atoms with Crippen LogP contribution in [0.4, 0.5) is 0 Å². The number of rotatable bonds is 5. The van der Waals surface area contributed by atoms with Gasteiger partial charge >= 0.3 is 0 Å². The Hall–Kier alpha value is -1.19. The van der Waals surface area contributed by atoms with Gasteiger partial charge in [-0.2, -0.15) is 0 Å². The van der Waals surface area contributed by atoms with E-state index in [2.05, 4.69) is 36.4 Å². The average Bonchev–Trinajstić information content (AvgIpc) is 2.69. The van der Waals surface area contributed by atoms with E-state index in [0.29, 0.717) is 5.25 Å². The summed E-state index contributed by atoms with van der Waals surface area (Å²) >= 11 is 2.01. The Morgan fingerprint density at radius 1 is 0.880 bits per heavy atom. The molecule has 2 aromatic carbocycles. The SMILES string of the molecule is c1ccc2c(SC3CCOCC3)ccc(OCC3CCCCC3)c2c1. The molecule has 0 unspecified atom stereocenters. The third-order valence-electron chi connectivity index (χ3n) is 5.51. The van der Waals surface area contributed by atoms with E-state index < -0.39 is 0 Å². The van der Waals surface area contributed by atoms with Gasteiger partial charge in [-0.25, -0.2) is 0 Å². The molecule has 0 radical (unpaired) electrons. The lowest BCUT2D eigenvalue weighted by Gasteiger charge is -2.23. The van der Waals surface area contributed by atoms with E-state index in [9.17, 15) is 0 Å². The van der Waals surface area contributed by atoms with Crippen LogP contribution in [0.3, 0.4) is 0 Å². The Labute approximate surface area is 155 Å². The maximum absolute atomic E-state index is 6.27. The number of benzene rings is 2. The highest BCUT2D eigenvalue weighted by Gasteiger charge is 2.18. The van der Waals surface area contributed by atoms with Crippen LogP contribution >= 0.6 is 11.8 Å². The first-order valence-electron chi connectivity index (χ1n) is 9.79. The molecule has 2 aliphatic rings. The van der Waals surface area contributed by atoms with Crippen LogP contribution in [-0.4, -0.2) is 25.1 Å². The van der Waals surface area contributed by atoms with Crippen molar-refractivity contribution < 1.29 is 9.47 Å². The fourth-order valence-electron chi connectivity index (χ4n) is 4.01. The zero-order chi connectivity index (χ0) is 16.9. The summed E-state index contributed by atoms with van der Waals surface area (Å²) in [6.07, 6.45) is 9.10. The molecule has 1 heterocycles. The average molecular weight is 357 g/mol. The monoisotopic (exact) mass is 356 g/mol. The molecule has 0 amide bonds. The first-order chi connectivity index (χ1) is 12.4. The second-order valence-corrected chi connectivity index (χ2v) is 8.69. The lowest BCUT2D eigenvalue weighted by atomic mass is 9.90. The van der Waals surface area contributed by atoms with Crippen LogP contribution in [-0.2, 0) is 4.74 Å². The van der Waals surface area contributed by atoms with Gasteiger partial charge in [0.05, 0.1) is 6.61 Å². The number of ether oxygens (including phenoxy) is 2. The summed E-state index contributed by atoms with van der Waals surface area (Å²) in [7, 11) is 0. The Morgan fingerprint density at radius 2 is 1.64 bits per heavy atom. The zero-order valence-electron chi connectivity index (χ0n) is 14.9. The number of hydrogen-bond donors (Lipinski definition) is 0. The largest absolute Gasteiger partial charge is 0.493 e. The molecule has 1 saturated carbocycles. The minimum absolute atomic E-state index is 0.672. The molecule has 4 rings (SSSR count). The second-order valence-electron chi connectivity index (χ2n) is 7.35. The topological polar surface area (TPSA) is 18.5 Å². The van der Waals surface area contributed by atoms with E-state index in [1.807, 2.05) is 11.8 Å². The van der Waals surface area contributed by atoms with Crippen molar-refractivity contribution in [3.05, 3.63) is 36.4 Å². The molecule has 0 atom stereocenters. The molecule has 1 aliphatic carbocycles. The van der Waals surface area contributed by atoms with Crippen molar-refractivity contribution in [3.63, 3.8) is 0 Å². The van der Waals surface area contributed by atoms with E-state index >= 15 is 0 Å². The number of fused-ring (bicyclic) bond motifs is 1. The first kappa shape index (κ1) is 17.2. The highest BCUT2D eigenvalue weighted by molar-refractivity contribution is 8.00. The van der Waals surface area contributed by atoms with Crippen LogP contribution < -0.4 is 4.74 Å². The molecule has 2 aromatic rings. The molecule has 3 heteroatoms. The quantitative estimate of drug-likeness (QED) is 0.648. The van der Waals surface area contributed by atoms with Crippen LogP contribution in [0.15, 0.2) is 41.3 Å². The summed E-state index contributed by atoms with van der Waals surface area (Å²) in [5, 5.41) is 3.27. The third-order valence-corrected chi connectivity index (χ3v) is 6.92. The van der Waals surface area contributed by atoms with Gasteiger partial charge < -0.3 is 9.47 Å².